The first kappa shape index (κ1) is 15.2. The number of aryl methyl sites for hydroxylation is 1. The van der Waals surface area contributed by atoms with E-state index in [-0.39, 0.29) is 4.90 Å². The Bertz CT molecular complexity index is 572. The monoisotopic (exact) mass is 294 g/mol. The molecule has 109 valence electrons. The Labute approximate surface area is 120 Å². The number of likely N-dealkylation sites (N-methyl/N-ethyl adjacent to an activating group) is 1. The van der Waals surface area contributed by atoms with E-state index in [9.17, 15) is 13.2 Å². The molecule has 1 aromatic rings. The molecule has 0 aromatic heterocycles. The fourth-order valence-electron chi connectivity index (χ4n) is 2.72. The summed E-state index contributed by atoms with van der Waals surface area (Å²) >= 11 is 0. The van der Waals surface area contributed by atoms with E-state index in [0.717, 1.165) is 24.8 Å². The van der Waals surface area contributed by atoms with Gasteiger partial charge in [0.15, 0.2) is 0 Å². The van der Waals surface area contributed by atoms with Crippen molar-refractivity contribution in [3.05, 3.63) is 29.8 Å². The molecular weight excluding hydrogens is 274 g/mol. The van der Waals surface area contributed by atoms with Crippen LogP contribution >= 0.6 is 0 Å². The molecule has 0 unspecified atom stereocenters. The highest BCUT2D eigenvalue weighted by atomic mass is 32.2. The fraction of sp³-hybridized carbons (Fsp3) is 0.533. The highest BCUT2D eigenvalue weighted by molar-refractivity contribution is 7.89. The number of hydrogen-bond acceptors (Lipinski definition) is 3. The van der Waals surface area contributed by atoms with Gasteiger partial charge in [-0.3, -0.25) is 4.79 Å². The lowest BCUT2D eigenvalue weighted by atomic mass is 9.83. The van der Waals surface area contributed by atoms with Crippen molar-refractivity contribution in [2.24, 2.45) is 0 Å². The van der Waals surface area contributed by atoms with Crippen molar-refractivity contribution >= 4 is 16.3 Å². The molecule has 0 heterocycles. The third-order valence-corrected chi connectivity index (χ3v) is 6.09. The predicted molar refractivity (Wildman–Crippen MR) is 77.6 cm³/mol. The summed E-state index contributed by atoms with van der Waals surface area (Å²) in [5, 5.41) is 0. The van der Waals surface area contributed by atoms with Crippen molar-refractivity contribution in [3.8, 4) is 0 Å². The Kier molecular flexibility index (Phi) is 4.30. The molecule has 1 aliphatic carbocycles. The van der Waals surface area contributed by atoms with E-state index >= 15 is 0 Å². The zero-order valence-electron chi connectivity index (χ0n) is 11.9. The van der Waals surface area contributed by atoms with E-state index in [1.165, 1.54) is 11.4 Å². The summed E-state index contributed by atoms with van der Waals surface area (Å²) in [7, 11) is -2.16. The number of nitrogens with zero attached hydrogens (tertiary/aromatic N) is 1. The van der Waals surface area contributed by atoms with Gasteiger partial charge in [0.1, 0.15) is 5.54 Å². The molecule has 4 nitrogen and oxygen atoms in total. The molecule has 1 aliphatic rings. The number of sulfonamides is 1. The van der Waals surface area contributed by atoms with E-state index in [4.69, 9.17) is 0 Å². The fourth-order valence-corrected chi connectivity index (χ4v) is 4.19. The SMILES string of the molecule is Cc1ccc(S(=O)(=O)N(C)C2([C]=O)CCCCC2)cc1. The van der Waals surface area contributed by atoms with Crippen LogP contribution < -0.4 is 0 Å². The maximum atomic E-state index is 12.7. The molecule has 5 heteroatoms. The Morgan fingerprint density at radius 1 is 1.10 bits per heavy atom. The van der Waals surface area contributed by atoms with Gasteiger partial charge >= 0.3 is 0 Å². The van der Waals surface area contributed by atoms with Crippen LogP contribution in [0.1, 0.15) is 37.7 Å². The number of carbonyl (C=O) groups excluding carboxylic acids is 1. The minimum Gasteiger partial charge on any atom is -0.289 e. The first-order chi connectivity index (χ1) is 9.42. The molecule has 1 radical (unpaired) electrons. The third-order valence-electron chi connectivity index (χ3n) is 4.15. The lowest BCUT2D eigenvalue weighted by Crippen LogP contribution is -2.51. The quantitative estimate of drug-likeness (QED) is 0.857. The minimum atomic E-state index is -3.66. The Hall–Kier alpha value is -1.20. The van der Waals surface area contributed by atoms with Gasteiger partial charge in [-0.25, -0.2) is 8.42 Å². The zero-order chi connectivity index (χ0) is 14.8. The van der Waals surface area contributed by atoms with Gasteiger partial charge in [-0.1, -0.05) is 37.0 Å². The van der Waals surface area contributed by atoms with Crippen LogP contribution in [0.3, 0.4) is 0 Å². The van der Waals surface area contributed by atoms with Crippen LogP contribution in [-0.2, 0) is 14.8 Å². The first-order valence-corrected chi connectivity index (χ1v) is 8.31. The summed E-state index contributed by atoms with van der Waals surface area (Å²) in [6.45, 7) is 1.90. The minimum absolute atomic E-state index is 0.228. The largest absolute Gasteiger partial charge is 0.289 e. The van der Waals surface area contributed by atoms with Gasteiger partial charge in [0, 0.05) is 7.05 Å². The van der Waals surface area contributed by atoms with Gasteiger partial charge in [-0.05, 0) is 31.9 Å². The summed E-state index contributed by atoms with van der Waals surface area (Å²) in [6.07, 6.45) is 5.88. The van der Waals surface area contributed by atoms with E-state index in [1.54, 1.807) is 24.3 Å². The molecule has 0 aliphatic heterocycles. The van der Waals surface area contributed by atoms with E-state index < -0.39 is 15.6 Å². The molecule has 0 N–H and O–H groups in total. The Morgan fingerprint density at radius 3 is 2.15 bits per heavy atom. The second-order valence-electron chi connectivity index (χ2n) is 5.48. The average Bonchev–Trinajstić information content (AvgIpc) is 2.47. The summed E-state index contributed by atoms with van der Waals surface area (Å²) in [6, 6.07) is 6.70. The van der Waals surface area contributed by atoms with Crippen molar-refractivity contribution in [3.63, 3.8) is 0 Å². The van der Waals surface area contributed by atoms with E-state index in [0.29, 0.717) is 12.8 Å². The van der Waals surface area contributed by atoms with E-state index in [1.807, 2.05) is 13.2 Å². The zero-order valence-corrected chi connectivity index (χ0v) is 12.7. The van der Waals surface area contributed by atoms with Crippen LogP contribution in [0.2, 0.25) is 0 Å². The van der Waals surface area contributed by atoms with Crippen molar-refractivity contribution in [2.45, 2.75) is 49.5 Å². The highest BCUT2D eigenvalue weighted by Crippen LogP contribution is 2.34. The van der Waals surface area contributed by atoms with Crippen LogP contribution in [0.25, 0.3) is 0 Å². The lowest BCUT2D eigenvalue weighted by molar-refractivity contribution is 0.218. The molecule has 20 heavy (non-hydrogen) atoms. The average molecular weight is 294 g/mol. The molecule has 1 aromatic carbocycles. The Balaban J connectivity index is 2.37. The maximum Gasteiger partial charge on any atom is 0.243 e. The van der Waals surface area contributed by atoms with Crippen molar-refractivity contribution in [2.75, 3.05) is 7.05 Å². The molecule has 2 rings (SSSR count). The molecule has 1 fully saturated rings. The number of hydrogen-bond donors (Lipinski definition) is 0. The van der Waals surface area contributed by atoms with Gasteiger partial charge in [-0.2, -0.15) is 4.31 Å². The molecule has 0 atom stereocenters. The molecule has 0 saturated heterocycles. The predicted octanol–water partition coefficient (Wildman–Crippen LogP) is 2.43. The second-order valence-corrected chi connectivity index (χ2v) is 7.45. The van der Waals surface area contributed by atoms with Crippen molar-refractivity contribution in [1.29, 1.82) is 0 Å². The molecular formula is C15H20NO3S. The smallest absolute Gasteiger partial charge is 0.243 e. The van der Waals surface area contributed by atoms with Crippen LogP contribution in [0, 0.1) is 6.92 Å². The lowest BCUT2D eigenvalue weighted by Gasteiger charge is -2.38. The Morgan fingerprint density at radius 2 is 1.65 bits per heavy atom. The summed E-state index contributed by atoms with van der Waals surface area (Å²) in [5.41, 5.74) is 0.00282. The third kappa shape index (κ3) is 2.65. The molecule has 0 amide bonds. The van der Waals surface area contributed by atoms with E-state index in [2.05, 4.69) is 0 Å². The first-order valence-electron chi connectivity index (χ1n) is 6.87. The van der Waals surface area contributed by atoms with Crippen molar-refractivity contribution < 1.29 is 13.2 Å². The number of rotatable bonds is 4. The summed E-state index contributed by atoms with van der Waals surface area (Å²) in [5.74, 6) is 0. The van der Waals surface area contributed by atoms with Crippen molar-refractivity contribution in [1.82, 2.24) is 4.31 Å². The number of benzene rings is 1. The highest BCUT2D eigenvalue weighted by Gasteiger charge is 2.43. The van der Waals surface area contributed by atoms with Crippen LogP contribution in [0.5, 0.6) is 0 Å². The normalized spacial score (nSPS) is 18.9. The maximum absolute atomic E-state index is 12.7. The molecule has 0 bridgehead atoms. The standard InChI is InChI=1S/C15H20NO3S/c1-13-6-8-14(9-7-13)20(18,19)16(2)15(12-17)10-4-3-5-11-15/h6-9H,3-5,10-11H2,1-2H3. The summed E-state index contributed by atoms with van der Waals surface area (Å²) < 4.78 is 26.5. The van der Waals surface area contributed by atoms with Gasteiger partial charge in [-0.15, -0.1) is 0 Å². The summed E-state index contributed by atoms with van der Waals surface area (Å²) in [4.78, 5) is 11.7. The van der Waals surface area contributed by atoms with Crippen LogP contribution in [-0.4, -0.2) is 31.6 Å². The van der Waals surface area contributed by atoms with Crippen LogP contribution in [0.4, 0.5) is 0 Å². The second kappa shape index (κ2) is 5.66. The van der Waals surface area contributed by atoms with Gasteiger partial charge in [0.05, 0.1) is 4.90 Å². The van der Waals surface area contributed by atoms with Gasteiger partial charge in [0.2, 0.25) is 16.3 Å². The van der Waals surface area contributed by atoms with Crippen LogP contribution in [0.15, 0.2) is 29.2 Å². The van der Waals surface area contributed by atoms with Gasteiger partial charge in [0.25, 0.3) is 0 Å². The topological polar surface area (TPSA) is 54.5 Å². The molecule has 1 saturated carbocycles. The molecule has 0 spiro atoms. The van der Waals surface area contributed by atoms with Gasteiger partial charge < -0.3 is 0 Å².